The highest BCUT2D eigenvalue weighted by Gasteiger charge is 2.24. The molecule has 0 aliphatic carbocycles. The van der Waals surface area contributed by atoms with Crippen LogP contribution in [0.4, 0.5) is 0 Å². The summed E-state index contributed by atoms with van der Waals surface area (Å²) in [5.41, 5.74) is 0.385. The number of aromatic hydroxyl groups is 1. The monoisotopic (exact) mass is 267 g/mol. The fourth-order valence-corrected chi connectivity index (χ4v) is 1.48. The van der Waals surface area contributed by atoms with Crippen molar-refractivity contribution >= 4 is 17.8 Å². The largest absolute Gasteiger partial charge is 0.508 e. The van der Waals surface area contributed by atoms with E-state index in [1.165, 1.54) is 25.1 Å². The molecule has 1 aromatic carbocycles. The lowest BCUT2D eigenvalue weighted by Crippen LogP contribution is -2.42. The Labute approximate surface area is 108 Å². The third-order valence-electron chi connectivity index (χ3n) is 2.53. The summed E-state index contributed by atoms with van der Waals surface area (Å²) in [7, 11) is 0. The smallest absolute Gasteiger partial charge is 0.326 e. The van der Waals surface area contributed by atoms with Crippen molar-refractivity contribution in [3.8, 4) is 5.75 Å². The number of rotatable bonds is 5. The Hall–Kier alpha value is -2.57. The summed E-state index contributed by atoms with van der Waals surface area (Å²) in [6.07, 6.45) is -0.723. The molecule has 0 fully saturated rings. The van der Waals surface area contributed by atoms with E-state index in [0.29, 0.717) is 5.56 Å². The average molecular weight is 267 g/mol. The van der Waals surface area contributed by atoms with Crippen LogP contribution in [-0.4, -0.2) is 39.2 Å². The Morgan fingerprint density at radius 3 is 2.42 bits per heavy atom. The van der Waals surface area contributed by atoms with E-state index in [4.69, 9.17) is 10.2 Å². The molecule has 0 aliphatic heterocycles. The number of phenolic OH excluding ortho intramolecular Hbond substituents is 1. The zero-order valence-electron chi connectivity index (χ0n) is 10.1. The number of hydrogen-bond donors (Lipinski definition) is 4. The zero-order valence-corrected chi connectivity index (χ0v) is 10.1. The molecule has 0 saturated carbocycles. The molecule has 1 rings (SSSR count). The summed E-state index contributed by atoms with van der Waals surface area (Å²) in [4.78, 5) is 33.2. The van der Waals surface area contributed by atoms with Crippen LogP contribution >= 0.6 is 0 Å². The summed E-state index contributed by atoms with van der Waals surface area (Å²) >= 11 is 0. The lowest BCUT2D eigenvalue weighted by atomic mass is 10.1. The van der Waals surface area contributed by atoms with Gasteiger partial charge in [0.25, 0.3) is 5.91 Å². The van der Waals surface area contributed by atoms with E-state index in [0.717, 1.165) is 0 Å². The summed E-state index contributed by atoms with van der Waals surface area (Å²) in [6, 6.07) is 2.71. The zero-order chi connectivity index (χ0) is 14.6. The second-order valence-corrected chi connectivity index (χ2v) is 3.91. The van der Waals surface area contributed by atoms with Gasteiger partial charge in [-0.3, -0.25) is 9.59 Å². The minimum Gasteiger partial charge on any atom is -0.508 e. The van der Waals surface area contributed by atoms with Gasteiger partial charge in [0.05, 0.1) is 6.42 Å². The number of carboxylic acids is 2. The van der Waals surface area contributed by atoms with Crippen LogP contribution in [0, 0.1) is 6.92 Å². The van der Waals surface area contributed by atoms with Gasteiger partial charge in [-0.15, -0.1) is 0 Å². The van der Waals surface area contributed by atoms with Gasteiger partial charge in [0.2, 0.25) is 0 Å². The predicted molar refractivity (Wildman–Crippen MR) is 64.0 cm³/mol. The van der Waals surface area contributed by atoms with E-state index < -0.39 is 30.3 Å². The Kier molecular flexibility index (Phi) is 4.46. The summed E-state index contributed by atoms with van der Waals surface area (Å²) in [6.45, 7) is 1.50. The number of carbonyl (C=O) groups excluding carboxylic acids is 1. The van der Waals surface area contributed by atoms with Gasteiger partial charge >= 0.3 is 11.9 Å². The van der Waals surface area contributed by atoms with Crippen LogP contribution < -0.4 is 5.32 Å². The molecule has 0 saturated heterocycles. The lowest BCUT2D eigenvalue weighted by molar-refractivity contribution is -0.145. The molecule has 19 heavy (non-hydrogen) atoms. The first-order valence-corrected chi connectivity index (χ1v) is 5.37. The van der Waals surface area contributed by atoms with Gasteiger partial charge in [-0.1, -0.05) is 6.07 Å². The molecule has 0 aliphatic rings. The minimum absolute atomic E-state index is 0.0941. The number of phenols is 1. The molecule has 0 bridgehead atoms. The molecule has 1 aromatic rings. The molecule has 1 atom stereocenters. The summed E-state index contributed by atoms with van der Waals surface area (Å²) in [5, 5.41) is 28.9. The van der Waals surface area contributed by atoms with E-state index in [1.54, 1.807) is 0 Å². The van der Waals surface area contributed by atoms with Crippen LogP contribution in [0.15, 0.2) is 18.2 Å². The van der Waals surface area contributed by atoms with Crippen LogP contribution in [0.2, 0.25) is 0 Å². The maximum absolute atomic E-state index is 11.8. The molecule has 7 heteroatoms. The van der Waals surface area contributed by atoms with Crippen molar-refractivity contribution in [3.05, 3.63) is 29.3 Å². The molecule has 1 amide bonds. The van der Waals surface area contributed by atoms with E-state index in [-0.39, 0.29) is 11.3 Å². The highest BCUT2D eigenvalue weighted by Crippen LogP contribution is 2.19. The lowest BCUT2D eigenvalue weighted by Gasteiger charge is -2.13. The van der Waals surface area contributed by atoms with E-state index in [1.807, 2.05) is 0 Å². The summed E-state index contributed by atoms with van der Waals surface area (Å²) < 4.78 is 0. The third-order valence-corrected chi connectivity index (χ3v) is 2.53. The molecular weight excluding hydrogens is 254 g/mol. The van der Waals surface area contributed by atoms with Gasteiger partial charge in [0.15, 0.2) is 0 Å². The molecule has 4 N–H and O–H groups in total. The maximum atomic E-state index is 11.8. The number of nitrogens with one attached hydrogen (secondary N) is 1. The molecule has 102 valence electrons. The number of benzene rings is 1. The van der Waals surface area contributed by atoms with Gasteiger partial charge < -0.3 is 20.6 Å². The van der Waals surface area contributed by atoms with Crippen LogP contribution in [0.5, 0.6) is 5.75 Å². The highest BCUT2D eigenvalue weighted by atomic mass is 16.4. The van der Waals surface area contributed by atoms with Gasteiger partial charge in [-0.05, 0) is 19.1 Å². The number of hydrogen-bond acceptors (Lipinski definition) is 4. The van der Waals surface area contributed by atoms with Crippen molar-refractivity contribution in [1.29, 1.82) is 0 Å². The molecule has 0 radical (unpaired) electrons. The highest BCUT2D eigenvalue weighted by molar-refractivity contribution is 5.98. The second-order valence-electron chi connectivity index (χ2n) is 3.91. The normalized spacial score (nSPS) is 11.6. The fourth-order valence-electron chi connectivity index (χ4n) is 1.48. The predicted octanol–water partition coefficient (Wildman–Crippen LogP) is 0.358. The van der Waals surface area contributed by atoms with Crippen LogP contribution in [-0.2, 0) is 9.59 Å². The minimum atomic E-state index is -1.52. The quantitative estimate of drug-likeness (QED) is 0.610. The van der Waals surface area contributed by atoms with E-state index >= 15 is 0 Å². The van der Waals surface area contributed by atoms with Crippen molar-refractivity contribution in [3.63, 3.8) is 0 Å². The summed E-state index contributed by atoms with van der Waals surface area (Å²) in [5.74, 6) is -3.62. The van der Waals surface area contributed by atoms with Gasteiger partial charge in [-0.2, -0.15) is 0 Å². The van der Waals surface area contributed by atoms with Crippen molar-refractivity contribution in [2.24, 2.45) is 0 Å². The number of amides is 1. The Balaban J connectivity index is 2.91. The van der Waals surface area contributed by atoms with E-state index in [2.05, 4.69) is 5.32 Å². The topological polar surface area (TPSA) is 124 Å². The van der Waals surface area contributed by atoms with Gasteiger partial charge in [0, 0.05) is 11.1 Å². The second kappa shape index (κ2) is 5.85. The van der Waals surface area contributed by atoms with Crippen molar-refractivity contribution in [2.75, 3.05) is 0 Å². The SMILES string of the molecule is Cc1c(O)cccc1C(=O)N[C@@H](CC(=O)O)C(=O)O. The van der Waals surface area contributed by atoms with Gasteiger partial charge in [-0.25, -0.2) is 4.79 Å². The molecule has 7 nitrogen and oxygen atoms in total. The molecule has 0 heterocycles. The van der Waals surface area contributed by atoms with Crippen LogP contribution in [0.1, 0.15) is 22.3 Å². The first kappa shape index (κ1) is 14.5. The van der Waals surface area contributed by atoms with Crippen LogP contribution in [0.3, 0.4) is 0 Å². The van der Waals surface area contributed by atoms with Crippen molar-refractivity contribution < 1.29 is 29.7 Å². The fraction of sp³-hybridized carbons (Fsp3) is 0.250. The Morgan fingerprint density at radius 1 is 1.26 bits per heavy atom. The Bertz CT molecular complexity index is 525. The van der Waals surface area contributed by atoms with E-state index in [9.17, 15) is 19.5 Å². The molecule has 0 spiro atoms. The molecular formula is C12H13NO6. The third kappa shape index (κ3) is 3.70. The molecule has 0 unspecified atom stereocenters. The number of carboxylic acid groups (broad SMARTS) is 2. The molecule has 0 aromatic heterocycles. The van der Waals surface area contributed by atoms with Crippen molar-refractivity contribution in [1.82, 2.24) is 5.32 Å². The average Bonchev–Trinajstić information content (AvgIpc) is 2.31. The number of carbonyl (C=O) groups is 3. The van der Waals surface area contributed by atoms with Crippen molar-refractivity contribution in [2.45, 2.75) is 19.4 Å². The maximum Gasteiger partial charge on any atom is 0.326 e. The Morgan fingerprint density at radius 2 is 1.89 bits per heavy atom. The first-order chi connectivity index (χ1) is 8.82. The standard InChI is InChI=1S/C12H13NO6/c1-6-7(3-2-4-9(6)14)11(17)13-8(12(18)19)5-10(15)16/h2-4,8,14H,5H2,1H3,(H,13,17)(H,15,16)(H,18,19)/t8-/m0/s1. The first-order valence-electron chi connectivity index (χ1n) is 5.37. The number of aliphatic carboxylic acids is 2. The van der Waals surface area contributed by atoms with Crippen LogP contribution in [0.25, 0.3) is 0 Å². The van der Waals surface area contributed by atoms with Gasteiger partial charge in [0.1, 0.15) is 11.8 Å².